The summed E-state index contributed by atoms with van der Waals surface area (Å²) in [6, 6.07) is 0.315. The predicted octanol–water partition coefficient (Wildman–Crippen LogP) is 0.329. The van der Waals surface area contributed by atoms with E-state index in [0.29, 0.717) is 24.2 Å². The van der Waals surface area contributed by atoms with Crippen LogP contribution in [0.1, 0.15) is 25.0 Å². The standard InChI is InChI=1S/C12H17N5O2/c13-11(16-18)10-12(15-5-4-14-10)17-6-7-19-9-3-1-2-8(9)17/h4-5,8-9,18H,1-3,6-7H2,(H2,13,16). The second-order valence-electron chi connectivity index (χ2n) is 4.81. The highest BCUT2D eigenvalue weighted by Gasteiger charge is 2.37. The molecule has 0 bridgehead atoms. The first-order valence-electron chi connectivity index (χ1n) is 6.48. The van der Waals surface area contributed by atoms with E-state index in [1.165, 1.54) is 0 Å². The van der Waals surface area contributed by atoms with E-state index in [0.717, 1.165) is 25.8 Å². The Morgan fingerprint density at radius 1 is 1.42 bits per heavy atom. The summed E-state index contributed by atoms with van der Waals surface area (Å²) in [5, 5.41) is 11.9. The van der Waals surface area contributed by atoms with E-state index in [4.69, 9.17) is 15.7 Å². The van der Waals surface area contributed by atoms with Gasteiger partial charge in [0, 0.05) is 18.9 Å². The van der Waals surface area contributed by atoms with Crippen molar-refractivity contribution in [1.82, 2.24) is 9.97 Å². The number of nitrogens with two attached hydrogens (primary N) is 1. The van der Waals surface area contributed by atoms with Crippen LogP contribution in [0.4, 0.5) is 5.82 Å². The number of aromatic nitrogens is 2. The van der Waals surface area contributed by atoms with Gasteiger partial charge >= 0.3 is 0 Å². The van der Waals surface area contributed by atoms with Crippen molar-refractivity contribution < 1.29 is 9.94 Å². The van der Waals surface area contributed by atoms with Gasteiger partial charge < -0.3 is 20.6 Å². The summed E-state index contributed by atoms with van der Waals surface area (Å²) in [6.45, 7) is 1.43. The van der Waals surface area contributed by atoms with Crippen molar-refractivity contribution in [3.63, 3.8) is 0 Å². The molecule has 0 aromatic carbocycles. The topological polar surface area (TPSA) is 96.9 Å². The number of hydrogen-bond donors (Lipinski definition) is 2. The largest absolute Gasteiger partial charge is 0.409 e. The number of ether oxygens (including phenoxy) is 1. The highest BCUT2D eigenvalue weighted by molar-refractivity contribution is 5.99. The van der Waals surface area contributed by atoms with Gasteiger partial charge in [0.15, 0.2) is 17.3 Å². The van der Waals surface area contributed by atoms with E-state index in [2.05, 4.69) is 20.0 Å². The van der Waals surface area contributed by atoms with Crippen LogP contribution in [0.15, 0.2) is 17.5 Å². The number of morpholine rings is 1. The minimum absolute atomic E-state index is 0.0101. The van der Waals surface area contributed by atoms with Crippen molar-refractivity contribution in [2.75, 3.05) is 18.1 Å². The second kappa shape index (κ2) is 5.00. The van der Waals surface area contributed by atoms with Crippen molar-refractivity contribution in [3.8, 4) is 0 Å². The van der Waals surface area contributed by atoms with Gasteiger partial charge in [0.25, 0.3) is 0 Å². The summed E-state index contributed by atoms with van der Waals surface area (Å²) in [7, 11) is 0. The van der Waals surface area contributed by atoms with E-state index in [9.17, 15) is 0 Å². The first-order chi connectivity index (χ1) is 9.31. The third-order valence-electron chi connectivity index (χ3n) is 3.78. The van der Waals surface area contributed by atoms with Gasteiger partial charge in [-0.15, -0.1) is 0 Å². The molecule has 2 aliphatic rings. The maximum atomic E-state index is 8.85. The number of nitrogens with zero attached hydrogens (tertiary/aromatic N) is 4. The number of hydrogen-bond acceptors (Lipinski definition) is 6. The predicted molar refractivity (Wildman–Crippen MR) is 69.3 cm³/mol. The van der Waals surface area contributed by atoms with Gasteiger partial charge in [0.1, 0.15) is 0 Å². The molecular weight excluding hydrogens is 246 g/mol. The lowest BCUT2D eigenvalue weighted by atomic mass is 10.1. The number of oxime groups is 1. The summed E-state index contributed by atoms with van der Waals surface area (Å²) >= 11 is 0. The van der Waals surface area contributed by atoms with Crippen molar-refractivity contribution in [2.45, 2.75) is 31.4 Å². The second-order valence-corrected chi connectivity index (χ2v) is 4.81. The van der Waals surface area contributed by atoms with Gasteiger partial charge in [0.05, 0.1) is 18.8 Å². The van der Waals surface area contributed by atoms with Crippen molar-refractivity contribution in [1.29, 1.82) is 0 Å². The Hall–Kier alpha value is -1.89. The lowest BCUT2D eigenvalue weighted by Crippen LogP contribution is -2.49. The van der Waals surface area contributed by atoms with Crippen molar-refractivity contribution >= 4 is 11.7 Å². The molecular formula is C12H17N5O2. The fourth-order valence-corrected chi connectivity index (χ4v) is 2.96. The van der Waals surface area contributed by atoms with Crippen LogP contribution < -0.4 is 10.6 Å². The van der Waals surface area contributed by atoms with Gasteiger partial charge in [-0.05, 0) is 19.3 Å². The lowest BCUT2D eigenvalue weighted by Gasteiger charge is -2.38. The van der Waals surface area contributed by atoms with Gasteiger partial charge in [-0.25, -0.2) is 9.97 Å². The summed E-state index contributed by atoms with van der Waals surface area (Å²) in [6.07, 6.45) is 6.75. The molecule has 0 amide bonds. The van der Waals surface area contributed by atoms with E-state index >= 15 is 0 Å². The van der Waals surface area contributed by atoms with Crippen LogP contribution in [0.5, 0.6) is 0 Å². The summed E-state index contributed by atoms with van der Waals surface area (Å²) in [4.78, 5) is 10.7. The van der Waals surface area contributed by atoms with E-state index in [1.807, 2.05) is 0 Å². The van der Waals surface area contributed by atoms with Gasteiger partial charge in [0.2, 0.25) is 0 Å². The van der Waals surface area contributed by atoms with Crippen LogP contribution in [0.2, 0.25) is 0 Å². The smallest absolute Gasteiger partial charge is 0.192 e. The Balaban J connectivity index is 1.97. The molecule has 1 aliphatic carbocycles. The Bertz CT molecular complexity index is 493. The average molecular weight is 263 g/mol. The molecule has 1 saturated heterocycles. The van der Waals surface area contributed by atoms with E-state index < -0.39 is 0 Å². The maximum Gasteiger partial charge on any atom is 0.192 e. The Morgan fingerprint density at radius 2 is 2.26 bits per heavy atom. The Labute approximate surface area is 111 Å². The van der Waals surface area contributed by atoms with Crippen LogP contribution in [-0.4, -0.2) is 46.3 Å². The fraction of sp³-hybridized carbons (Fsp3) is 0.583. The summed E-state index contributed by atoms with van der Waals surface area (Å²) < 4.78 is 5.78. The number of amidine groups is 1. The molecule has 2 unspecified atom stereocenters. The van der Waals surface area contributed by atoms with Crippen LogP contribution in [-0.2, 0) is 4.74 Å². The van der Waals surface area contributed by atoms with Crippen molar-refractivity contribution in [2.24, 2.45) is 10.9 Å². The maximum absolute atomic E-state index is 8.85. The molecule has 1 aromatic rings. The molecule has 2 heterocycles. The molecule has 19 heavy (non-hydrogen) atoms. The monoisotopic (exact) mass is 263 g/mol. The Morgan fingerprint density at radius 3 is 3.11 bits per heavy atom. The number of anilines is 1. The molecule has 1 saturated carbocycles. The molecule has 102 valence electrons. The molecule has 1 aliphatic heterocycles. The molecule has 7 nitrogen and oxygen atoms in total. The minimum Gasteiger partial charge on any atom is -0.409 e. The third-order valence-corrected chi connectivity index (χ3v) is 3.78. The van der Waals surface area contributed by atoms with E-state index in [1.54, 1.807) is 12.4 Å². The van der Waals surface area contributed by atoms with Crippen molar-refractivity contribution in [3.05, 3.63) is 18.1 Å². The third kappa shape index (κ3) is 2.10. The fourth-order valence-electron chi connectivity index (χ4n) is 2.96. The zero-order valence-corrected chi connectivity index (χ0v) is 10.6. The molecule has 2 atom stereocenters. The molecule has 3 rings (SSSR count). The zero-order valence-electron chi connectivity index (χ0n) is 10.6. The quantitative estimate of drug-likeness (QED) is 0.345. The first-order valence-corrected chi connectivity index (χ1v) is 6.48. The summed E-state index contributed by atoms with van der Waals surface area (Å²) in [5.74, 6) is 0.669. The summed E-state index contributed by atoms with van der Waals surface area (Å²) in [5.41, 5.74) is 6.11. The van der Waals surface area contributed by atoms with Gasteiger partial charge in [-0.3, -0.25) is 0 Å². The molecule has 0 radical (unpaired) electrons. The van der Waals surface area contributed by atoms with Crippen LogP contribution in [0, 0.1) is 0 Å². The van der Waals surface area contributed by atoms with E-state index in [-0.39, 0.29) is 11.9 Å². The normalized spacial score (nSPS) is 27.4. The molecule has 2 fully saturated rings. The highest BCUT2D eigenvalue weighted by Crippen LogP contribution is 2.33. The lowest BCUT2D eigenvalue weighted by molar-refractivity contribution is 0.0253. The van der Waals surface area contributed by atoms with Gasteiger partial charge in [-0.1, -0.05) is 5.16 Å². The highest BCUT2D eigenvalue weighted by atomic mass is 16.5. The number of fused-ring (bicyclic) bond motifs is 1. The van der Waals surface area contributed by atoms with Crippen LogP contribution in [0.25, 0.3) is 0 Å². The molecule has 1 aromatic heterocycles. The first kappa shape index (κ1) is 12.2. The number of rotatable bonds is 2. The average Bonchev–Trinajstić information content (AvgIpc) is 2.94. The van der Waals surface area contributed by atoms with Crippen LogP contribution >= 0.6 is 0 Å². The molecule has 0 spiro atoms. The van der Waals surface area contributed by atoms with Crippen LogP contribution in [0.3, 0.4) is 0 Å². The van der Waals surface area contributed by atoms with Gasteiger partial charge in [-0.2, -0.15) is 0 Å². The minimum atomic E-state index is -0.0101. The molecule has 3 N–H and O–H groups in total. The zero-order chi connectivity index (χ0) is 13.2. The SMILES string of the molecule is NC(=NO)c1nccnc1N1CCOC2CCCC21. The molecule has 7 heteroatoms. The Kier molecular flexibility index (Phi) is 3.20.